The number of carbonyl (C=O) groups is 1. The van der Waals surface area contributed by atoms with E-state index in [0.29, 0.717) is 13.2 Å². The molecule has 0 aliphatic heterocycles. The Bertz CT molecular complexity index is 339. The number of hydrogen-bond acceptors (Lipinski definition) is 3. The first-order valence-corrected chi connectivity index (χ1v) is 5.32. The van der Waals surface area contributed by atoms with E-state index >= 15 is 0 Å². The average Bonchev–Trinajstić information content (AvgIpc) is 2.26. The summed E-state index contributed by atoms with van der Waals surface area (Å²) < 4.78 is 5.42. The predicted molar refractivity (Wildman–Crippen MR) is 61.1 cm³/mol. The third kappa shape index (κ3) is 4.79. The van der Waals surface area contributed by atoms with Crippen molar-refractivity contribution in [2.45, 2.75) is 20.3 Å². The summed E-state index contributed by atoms with van der Waals surface area (Å²) >= 11 is 0. The fraction of sp³-hybridized carbons (Fsp3) is 0.417. The lowest BCUT2D eigenvalue weighted by molar-refractivity contribution is -0.133. The van der Waals surface area contributed by atoms with Gasteiger partial charge in [-0.3, -0.25) is 9.63 Å². The molecule has 1 N–H and O–H groups in total. The second-order valence-corrected chi connectivity index (χ2v) is 3.37. The fourth-order valence-electron chi connectivity index (χ4n) is 1.17. The smallest absolute Gasteiger partial charge is 0.246 e. The topological polar surface area (TPSA) is 47.6 Å². The van der Waals surface area contributed by atoms with Crippen LogP contribution in [-0.4, -0.2) is 19.1 Å². The van der Waals surface area contributed by atoms with Crippen LogP contribution >= 0.6 is 0 Å². The largest absolute Gasteiger partial charge is 0.493 e. The van der Waals surface area contributed by atoms with Gasteiger partial charge in [0.05, 0.1) is 19.6 Å². The standard InChI is InChI=1S/C12H17NO3/c1-3-16-13-12(14)7-8-15-11-6-4-5-10(2)9-11/h4-6,9H,3,7-8H2,1-2H3,(H,13,14). The molecule has 4 nitrogen and oxygen atoms in total. The van der Waals surface area contributed by atoms with Gasteiger partial charge < -0.3 is 4.74 Å². The summed E-state index contributed by atoms with van der Waals surface area (Å²) in [5.74, 6) is 0.610. The zero-order valence-electron chi connectivity index (χ0n) is 9.66. The van der Waals surface area contributed by atoms with Crippen LogP contribution in [-0.2, 0) is 9.63 Å². The van der Waals surface area contributed by atoms with Crippen molar-refractivity contribution in [3.63, 3.8) is 0 Å². The van der Waals surface area contributed by atoms with Gasteiger partial charge in [0.15, 0.2) is 0 Å². The molecule has 0 radical (unpaired) electrons. The lowest BCUT2D eigenvalue weighted by Crippen LogP contribution is -2.25. The normalized spacial score (nSPS) is 9.88. The van der Waals surface area contributed by atoms with Crippen LogP contribution in [0.2, 0.25) is 0 Å². The van der Waals surface area contributed by atoms with Crippen LogP contribution in [0.5, 0.6) is 5.75 Å². The van der Waals surface area contributed by atoms with Crippen LogP contribution < -0.4 is 10.2 Å². The molecule has 1 amide bonds. The predicted octanol–water partition coefficient (Wildman–Crippen LogP) is 1.83. The molecule has 1 aromatic rings. The van der Waals surface area contributed by atoms with E-state index in [1.54, 1.807) is 0 Å². The Labute approximate surface area is 95.5 Å². The molecule has 0 saturated carbocycles. The molecule has 0 saturated heterocycles. The Morgan fingerprint density at radius 1 is 1.44 bits per heavy atom. The second kappa shape index (κ2) is 6.85. The van der Waals surface area contributed by atoms with E-state index in [1.807, 2.05) is 38.1 Å². The number of aryl methyl sites for hydroxylation is 1. The highest BCUT2D eigenvalue weighted by Crippen LogP contribution is 2.12. The zero-order chi connectivity index (χ0) is 11.8. The van der Waals surface area contributed by atoms with E-state index in [4.69, 9.17) is 9.57 Å². The molecule has 1 rings (SSSR count). The molecule has 16 heavy (non-hydrogen) atoms. The number of benzene rings is 1. The molecule has 0 aliphatic carbocycles. The average molecular weight is 223 g/mol. The van der Waals surface area contributed by atoms with Gasteiger partial charge in [0.25, 0.3) is 0 Å². The fourth-order valence-corrected chi connectivity index (χ4v) is 1.17. The van der Waals surface area contributed by atoms with E-state index in [9.17, 15) is 4.79 Å². The quantitative estimate of drug-likeness (QED) is 0.748. The van der Waals surface area contributed by atoms with Gasteiger partial charge in [0, 0.05) is 0 Å². The van der Waals surface area contributed by atoms with Gasteiger partial charge in [-0.05, 0) is 31.5 Å². The molecule has 0 atom stereocenters. The maximum Gasteiger partial charge on any atom is 0.246 e. The number of rotatable bonds is 6. The molecule has 1 aromatic carbocycles. The Kier molecular flexibility index (Phi) is 5.36. The molecule has 0 fully saturated rings. The summed E-state index contributed by atoms with van der Waals surface area (Å²) in [4.78, 5) is 15.9. The number of carbonyl (C=O) groups excluding carboxylic acids is 1. The molecule has 0 unspecified atom stereocenters. The zero-order valence-corrected chi connectivity index (χ0v) is 9.66. The number of nitrogens with one attached hydrogen (secondary N) is 1. The highest BCUT2D eigenvalue weighted by molar-refractivity contribution is 5.74. The van der Waals surface area contributed by atoms with Gasteiger partial charge in [-0.25, -0.2) is 5.48 Å². The minimum absolute atomic E-state index is 0.172. The van der Waals surface area contributed by atoms with Crippen molar-refractivity contribution in [3.8, 4) is 5.75 Å². The molecule has 0 aliphatic rings. The van der Waals surface area contributed by atoms with Crippen LogP contribution in [0.4, 0.5) is 0 Å². The molecule has 88 valence electrons. The first-order valence-electron chi connectivity index (χ1n) is 5.32. The van der Waals surface area contributed by atoms with E-state index in [2.05, 4.69) is 5.48 Å². The van der Waals surface area contributed by atoms with Crippen molar-refractivity contribution in [1.29, 1.82) is 0 Å². The number of hydrogen-bond donors (Lipinski definition) is 1. The monoisotopic (exact) mass is 223 g/mol. The van der Waals surface area contributed by atoms with Crippen LogP contribution in [0.1, 0.15) is 18.9 Å². The van der Waals surface area contributed by atoms with Gasteiger partial charge in [-0.1, -0.05) is 12.1 Å². The summed E-state index contributed by atoms with van der Waals surface area (Å²) in [6.45, 7) is 4.62. The van der Waals surface area contributed by atoms with Crippen LogP contribution in [0.3, 0.4) is 0 Å². The van der Waals surface area contributed by atoms with Crippen molar-refractivity contribution in [2.75, 3.05) is 13.2 Å². The molecular weight excluding hydrogens is 206 g/mol. The van der Waals surface area contributed by atoms with Gasteiger partial charge in [0.1, 0.15) is 5.75 Å². The SMILES string of the molecule is CCONC(=O)CCOc1cccc(C)c1. The molecular formula is C12H17NO3. The lowest BCUT2D eigenvalue weighted by Gasteiger charge is -2.07. The first kappa shape index (κ1) is 12.5. The van der Waals surface area contributed by atoms with E-state index in [-0.39, 0.29) is 12.3 Å². The maximum absolute atomic E-state index is 11.1. The minimum atomic E-state index is -0.172. The molecule has 0 bridgehead atoms. The van der Waals surface area contributed by atoms with E-state index < -0.39 is 0 Å². The number of ether oxygens (including phenoxy) is 1. The summed E-state index contributed by atoms with van der Waals surface area (Å²) in [6, 6.07) is 7.72. The Hall–Kier alpha value is -1.55. The third-order valence-electron chi connectivity index (χ3n) is 1.92. The van der Waals surface area contributed by atoms with Crippen LogP contribution in [0.25, 0.3) is 0 Å². The number of amides is 1. The molecule has 0 spiro atoms. The Balaban J connectivity index is 2.22. The van der Waals surface area contributed by atoms with Gasteiger partial charge in [-0.2, -0.15) is 0 Å². The third-order valence-corrected chi connectivity index (χ3v) is 1.92. The Morgan fingerprint density at radius 2 is 2.25 bits per heavy atom. The van der Waals surface area contributed by atoms with Crippen molar-refractivity contribution in [3.05, 3.63) is 29.8 Å². The first-order chi connectivity index (χ1) is 7.72. The van der Waals surface area contributed by atoms with Gasteiger partial charge in [0.2, 0.25) is 5.91 Å². The number of hydroxylamine groups is 1. The minimum Gasteiger partial charge on any atom is -0.493 e. The summed E-state index contributed by atoms with van der Waals surface area (Å²) in [5.41, 5.74) is 3.45. The van der Waals surface area contributed by atoms with Crippen molar-refractivity contribution >= 4 is 5.91 Å². The van der Waals surface area contributed by atoms with Crippen LogP contribution in [0, 0.1) is 6.92 Å². The van der Waals surface area contributed by atoms with Crippen LogP contribution in [0.15, 0.2) is 24.3 Å². The summed E-state index contributed by atoms with van der Waals surface area (Å²) in [6.07, 6.45) is 0.286. The highest BCUT2D eigenvalue weighted by Gasteiger charge is 2.01. The molecule has 0 aromatic heterocycles. The maximum atomic E-state index is 11.1. The lowest BCUT2D eigenvalue weighted by atomic mass is 10.2. The summed E-state index contributed by atoms with van der Waals surface area (Å²) in [7, 11) is 0. The second-order valence-electron chi connectivity index (χ2n) is 3.37. The van der Waals surface area contributed by atoms with E-state index in [1.165, 1.54) is 0 Å². The highest BCUT2D eigenvalue weighted by atomic mass is 16.6. The molecule has 0 heterocycles. The van der Waals surface area contributed by atoms with Crippen molar-refractivity contribution < 1.29 is 14.4 Å². The molecule has 4 heteroatoms. The van der Waals surface area contributed by atoms with Gasteiger partial charge >= 0.3 is 0 Å². The Morgan fingerprint density at radius 3 is 2.94 bits per heavy atom. The van der Waals surface area contributed by atoms with E-state index in [0.717, 1.165) is 11.3 Å². The van der Waals surface area contributed by atoms with Gasteiger partial charge in [-0.15, -0.1) is 0 Å². The summed E-state index contributed by atoms with van der Waals surface area (Å²) in [5, 5.41) is 0. The van der Waals surface area contributed by atoms with Crippen molar-refractivity contribution in [1.82, 2.24) is 5.48 Å². The van der Waals surface area contributed by atoms with Crippen molar-refractivity contribution in [2.24, 2.45) is 0 Å².